The number of para-hydroxylation sites is 1. The van der Waals surface area contributed by atoms with Crippen LogP contribution in [0.1, 0.15) is 15.9 Å². The molecule has 0 heterocycles. The SMILES string of the molecule is O=C(N/N=C\c1cccc(Oc2ccccc2)c1)c1ccc(NS(=O)(=O)c2ccc(Cl)cc2)cc1. The van der Waals surface area contributed by atoms with E-state index in [0.717, 1.165) is 5.56 Å². The lowest BCUT2D eigenvalue weighted by atomic mass is 10.2. The van der Waals surface area contributed by atoms with Gasteiger partial charge in [-0.2, -0.15) is 5.10 Å². The zero-order chi connectivity index (χ0) is 24.7. The fraction of sp³-hybridized carbons (Fsp3) is 0. The van der Waals surface area contributed by atoms with Crippen molar-refractivity contribution in [2.75, 3.05) is 4.72 Å². The van der Waals surface area contributed by atoms with Crippen molar-refractivity contribution in [1.29, 1.82) is 0 Å². The van der Waals surface area contributed by atoms with Gasteiger partial charge in [-0.05, 0) is 78.4 Å². The molecule has 0 aliphatic carbocycles. The van der Waals surface area contributed by atoms with Crippen LogP contribution in [0, 0.1) is 0 Å². The van der Waals surface area contributed by atoms with Gasteiger partial charge in [0.15, 0.2) is 0 Å². The smallest absolute Gasteiger partial charge is 0.271 e. The van der Waals surface area contributed by atoms with Crippen LogP contribution in [-0.4, -0.2) is 20.5 Å². The van der Waals surface area contributed by atoms with Gasteiger partial charge < -0.3 is 4.74 Å². The number of benzene rings is 4. The van der Waals surface area contributed by atoms with Crippen molar-refractivity contribution in [2.24, 2.45) is 5.10 Å². The van der Waals surface area contributed by atoms with Crippen LogP contribution in [0.2, 0.25) is 5.02 Å². The molecule has 35 heavy (non-hydrogen) atoms. The lowest BCUT2D eigenvalue weighted by Crippen LogP contribution is -2.18. The molecule has 0 unspecified atom stereocenters. The molecule has 0 bridgehead atoms. The highest BCUT2D eigenvalue weighted by molar-refractivity contribution is 7.92. The Morgan fingerprint density at radius 1 is 0.829 bits per heavy atom. The third kappa shape index (κ3) is 6.69. The number of hydrazone groups is 1. The van der Waals surface area contributed by atoms with E-state index in [1.807, 2.05) is 48.5 Å². The normalized spacial score (nSPS) is 11.2. The molecule has 176 valence electrons. The number of carbonyl (C=O) groups is 1. The molecule has 9 heteroatoms. The molecule has 4 rings (SSSR count). The van der Waals surface area contributed by atoms with E-state index in [4.69, 9.17) is 16.3 Å². The number of nitrogens with one attached hydrogen (secondary N) is 2. The Bertz CT molecular complexity index is 1440. The van der Waals surface area contributed by atoms with Gasteiger partial charge in [0.05, 0.1) is 11.1 Å². The summed E-state index contributed by atoms with van der Waals surface area (Å²) >= 11 is 5.81. The summed E-state index contributed by atoms with van der Waals surface area (Å²) in [5.41, 5.74) is 3.83. The maximum absolute atomic E-state index is 12.5. The number of nitrogens with zero attached hydrogens (tertiary/aromatic N) is 1. The number of anilines is 1. The quantitative estimate of drug-likeness (QED) is 0.237. The van der Waals surface area contributed by atoms with Crippen LogP contribution in [0.5, 0.6) is 11.5 Å². The molecule has 1 amide bonds. The monoisotopic (exact) mass is 505 g/mol. The number of halogens is 1. The van der Waals surface area contributed by atoms with E-state index in [-0.39, 0.29) is 4.90 Å². The fourth-order valence-electron chi connectivity index (χ4n) is 3.03. The Morgan fingerprint density at radius 3 is 2.23 bits per heavy atom. The van der Waals surface area contributed by atoms with Gasteiger partial charge in [-0.15, -0.1) is 0 Å². The Labute approximate surface area is 208 Å². The average Bonchev–Trinajstić information content (AvgIpc) is 2.85. The molecular weight excluding hydrogens is 486 g/mol. The van der Waals surface area contributed by atoms with E-state index in [0.29, 0.717) is 27.8 Å². The Balaban J connectivity index is 1.35. The number of carbonyl (C=O) groups excluding carboxylic acids is 1. The molecule has 0 atom stereocenters. The zero-order valence-corrected chi connectivity index (χ0v) is 19.8. The Kier molecular flexibility index (Phi) is 7.45. The molecule has 0 spiro atoms. The van der Waals surface area contributed by atoms with Crippen molar-refractivity contribution in [1.82, 2.24) is 5.43 Å². The molecule has 0 fully saturated rings. The summed E-state index contributed by atoms with van der Waals surface area (Å²) in [6, 6.07) is 28.5. The van der Waals surface area contributed by atoms with E-state index < -0.39 is 15.9 Å². The first kappa shape index (κ1) is 24.0. The van der Waals surface area contributed by atoms with Gasteiger partial charge in [0, 0.05) is 16.3 Å². The van der Waals surface area contributed by atoms with Crippen LogP contribution in [0.4, 0.5) is 5.69 Å². The molecule has 0 aromatic heterocycles. The van der Waals surface area contributed by atoms with E-state index in [9.17, 15) is 13.2 Å². The molecule has 0 saturated carbocycles. The van der Waals surface area contributed by atoms with E-state index in [2.05, 4.69) is 15.2 Å². The first-order valence-corrected chi connectivity index (χ1v) is 12.3. The highest BCUT2D eigenvalue weighted by Gasteiger charge is 2.14. The maximum Gasteiger partial charge on any atom is 0.271 e. The first-order chi connectivity index (χ1) is 16.9. The molecule has 4 aromatic rings. The minimum absolute atomic E-state index is 0.0799. The van der Waals surface area contributed by atoms with Crippen molar-refractivity contribution in [3.05, 3.63) is 119 Å². The summed E-state index contributed by atoms with van der Waals surface area (Å²) in [7, 11) is -3.77. The van der Waals surface area contributed by atoms with Crippen molar-refractivity contribution in [2.45, 2.75) is 4.90 Å². The third-order valence-electron chi connectivity index (χ3n) is 4.74. The van der Waals surface area contributed by atoms with Crippen molar-refractivity contribution in [3.8, 4) is 11.5 Å². The standard InChI is InChI=1S/C26H20ClN3O4S/c27-21-11-15-25(16-12-21)35(32,33)30-22-13-9-20(10-14-22)26(31)29-28-18-19-5-4-8-24(17-19)34-23-6-2-1-3-7-23/h1-18,30H,(H,29,31)/b28-18-. The minimum Gasteiger partial charge on any atom is -0.457 e. The van der Waals surface area contributed by atoms with Crippen molar-refractivity contribution in [3.63, 3.8) is 0 Å². The summed E-state index contributed by atoms with van der Waals surface area (Å²) in [6.07, 6.45) is 1.50. The Hall–Kier alpha value is -4.14. The number of hydrogen-bond donors (Lipinski definition) is 2. The third-order valence-corrected chi connectivity index (χ3v) is 6.39. The van der Waals surface area contributed by atoms with Crippen molar-refractivity contribution < 1.29 is 17.9 Å². The molecule has 0 aliphatic heterocycles. The van der Waals surface area contributed by atoms with Crippen LogP contribution < -0.4 is 14.9 Å². The van der Waals surface area contributed by atoms with E-state index in [1.165, 1.54) is 54.7 Å². The summed E-state index contributed by atoms with van der Waals surface area (Å²) < 4.78 is 33.2. The molecule has 0 aliphatic rings. The van der Waals surface area contributed by atoms with E-state index >= 15 is 0 Å². The van der Waals surface area contributed by atoms with Crippen LogP contribution >= 0.6 is 11.6 Å². The topological polar surface area (TPSA) is 96.9 Å². The average molecular weight is 506 g/mol. The fourth-order valence-corrected chi connectivity index (χ4v) is 4.22. The zero-order valence-electron chi connectivity index (χ0n) is 18.3. The van der Waals surface area contributed by atoms with Crippen LogP contribution in [0.15, 0.2) is 113 Å². The van der Waals surface area contributed by atoms with Gasteiger partial charge in [0.25, 0.3) is 15.9 Å². The van der Waals surface area contributed by atoms with Crippen LogP contribution in [0.3, 0.4) is 0 Å². The number of amides is 1. The predicted molar refractivity (Wildman–Crippen MR) is 137 cm³/mol. The highest BCUT2D eigenvalue weighted by Crippen LogP contribution is 2.21. The minimum atomic E-state index is -3.77. The summed E-state index contributed by atoms with van der Waals surface area (Å²) in [5.74, 6) is 0.918. The van der Waals surface area contributed by atoms with Gasteiger partial charge in [-0.1, -0.05) is 41.9 Å². The van der Waals surface area contributed by atoms with Gasteiger partial charge in [0.1, 0.15) is 11.5 Å². The summed E-state index contributed by atoms with van der Waals surface area (Å²) in [4.78, 5) is 12.5. The largest absolute Gasteiger partial charge is 0.457 e. The highest BCUT2D eigenvalue weighted by atomic mass is 35.5. The molecular formula is C26H20ClN3O4S. The lowest BCUT2D eigenvalue weighted by Gasteiger charge is -2.09. The van der Waals surface area contributed by atoms with Crippen molar-refractivity contribution >= 4 is 39.4 Å². The van der Waals surface area contributed by atoms with E-state index in [1.54, 1.807) is 6.07 Å². The number of ether oxygens (including phenoxy) is 1. The number of hydrogen-bond acceptors (Lipinski definition) is 5. The van der Waals surface area contributed by atoms with Gasteiger partial charge in [0.2, 0.25) is 0 Å². The number of rotatable bonds is 8. The maximum atomic E-state index is 12.5. The van der Waals surface area contributed by atoms with Gasteiger partial charge in [-0.3, -0.25) is 9.52 Å². The summed E-state index contributed by atoms with van der Waals surface area (Å²) in [6.45, 7) is 0. The second-order valence-electron chi connectivity index (χ2n) is 7.32. The lowest BCUT2D eigenvalue weighted by molar-refractivity contribution is 0.0955. The Morgan fingerprint density at radius 2 is 1.51 bits per heavy atom. The predicted octanol–water partition coefficient (Wildman–Crippen LogP) is 5.70. The molecule has 0 radical (unpaired) electrons. The second-order valence-corrected chi connectivity index (χ2v) is 9.44. The van der Waals surface area contributed by atoms with Gasteiger partial charge in [-0.25, -0.2) is 13.8 Å². The van der Waals surface area contributed by atoms with Crippen LogP contribution in [0.25, 0.3) is 0 Å². The first-order valence-electron chi connectivity index (χ1n) is 10.4. The second kappa shape index (κ2) is 10.9. The molecule has 2 N–H and O–H groups in total. The summed E-state index contributed by atoms with van der Waals surface area (Å²) in [5, 5.41) is 4.43. The molecule has 7 nitrogen and oxygen atoms in total. The van der Waals surface area contributed by atoms with Crippen LogP contribution in [-0.2, 0) is 10.0 Å². The number of sulfonamides is 1. The van der Waals surface area contributed by atoms with Gasteiger partial charge >= 0.3 is 0 Å². The molecule has 4 aromatic carbocycles. The molecule has 0 saturated heterocycles.